The summed E-state index contributed by atoms with van der Waals surface area (Å²) in [5.41, 5.74) is 2.28. The number of rotatable bonds is 4. The van der Waals surface area contributed by atoms with E-state index in [1.54, 1.807) is 18.2 Å². The van der Waals surface area contributed by atoms with E-state index in [4.69, 9.17) is 4.74 Å². The van der Waals surface area contributed by atoms with Gasteiger partial charge in [-0.15, -0.1) is 0 Å². The first kappa shape index (κ1) is 15.8. The quantitative estimate of drug-likeness (QED) is 0.374. The third kappa shape index (κ3) is 2.61. The third-order valence-corrected chi connectivity index (χ3v) is 4.81. The molecule has 2 amide bonds. The van der Waals surface area contributed by atoms with Crippen LogP contribution < -0.4 is 4.74 Å². The number of halogens is 1. The van der Waals surface area contributed by atoms with Gasteiger partial charge in [-0.1, -0.05) is 58.4 Å². The second kappa shape index (κ2) is 6.33. The van der Waals surface area contributed by atoms with Crippen LogP contribution in [0.4, 0.5) is 0 Å². The number of carbonyl (C=O) groups is 2. The van der Waals surface area contributed by atoms with E-state index >= 15 is 0 Å². The van der Waals surface area contributed by atoms with Crippen molar-refractivity contribution in [2.24, 2.45) is 0 Å². The van der Waals surface area contributed by atoms with Gasteiger partial charge in [-0.3, -0.25) is 14.5 Å². The molecular weight excluding hydrogens is 382 g/mol. The molecule has 0 aromatic heterocycles. The smallest absolute Gasteiger partial charge is 0.262 e. The van der Waals surface area contributed by atoms with Gasteiger partial charge in [0.1, 0.15) is 12.4 Å². The molecule has 5 heteroatoms. The fourth-order valence-corrected chi connectivity index (χ4v) is 3.54. The Kier molecular flexibility index (Phi) is 4.01. The van der Waals surface area contributed by atoms with Gasteiger partial charge in [-0.05, 0) is 23.8 Å². The molecule has 0 saturated heterocycles. The lowest BCUT2D eigenvalue weighted by Gasteiger charge is -2.26. The summed E-state index contributed by atoms with van der Waals surface area (Å²) in [4.78, 5) is 26.3. The average molecular weight is 396 g/mol. The molecule has 0 atom stereocenters. The van der Waals surface area contributed by atoms with Crippen molar-refractivity contribution in [3.8, 4) is 5.75 Å². The number of ether oxygens (including phenoxy) is 1. The molecule has 1 aliphatic heterocycles. The van der Waals surface area contributed by atoms with Gasteiger partial charge in [-0.2, -0.15) is 0 Å². The van der Waals surface area contributed by atoms with Crippen molar-refractivity contribution in [1.82, 2.24) is 4.90 Å². The van der Waals surface area contributed by atoms with Crippen molar-refractivity contribution in [2.45, 2.75) is 6.61 Å². The van der Waals surface area contributed by atoms with Gasteiger partial charge in [0.05, 0.1) is 5.45 Å². The summed E-state index contributed by atoms with van der Waals surface area (Å²) in [6, 6.07) is 18.8. The van der Waals surface area contributed by atoms with E-state index in [0.29, 0.717) is 28.9 Å². The molecule has 1 aliphatic rings. The summed E-state index contributed by atoms with van der Waals surface area (Å²) >= 11 is 3.22. The number of benzene rings is 3. The zero-order valence-corrected chi connectivity index (χ0v) is 14.8. The predicted molar refractivity (Wildman–Crippen MR) is 99.0 cm³/mol. The summed E-state index contributed by atoms with van der Waals surface area (Å²) in [6.45, 7) is 0.426. The van der Waals surface area contributed by atoms with Crippen LogP contribution in [0.5, 0.6) is 5.75 Å². The summed E-state index contributed by atoms with van der Waals surface area (Å²) in [7, 11) is 0. The Morgan fingerprint density at radius 2 is 1.56 bits per heavy atom. The monoisotopic (exact) mass is 395 g/mol. The second-order valence-corrected chi connectivity index (χ2v) is 6.27. The van der Waals surface area contributed by atoms with E-state index in [1.807, 2.05) is 42.5 Å². The molecule has 0 saturated carbocycles. The van der Waals surface area contributed by atoms with Crippen LogP contribution in [0.1, 0.15) is 26.3 Å². The van der Waals surface area contributed by atoms with Crippen molar-refractivity contribution < 1.29 is 14.3 Å². The van der Waals surface area contributed by atoms with Gasteiger partial charge < -0.3 is 4.74 Å². The number of hydrogen-bond acceptors (Lipinski definition) is 3. The fourth-order valence-electron chi connectivity index (χ4n) is 3.09. The summed E-state index contributed by atoms with van der Waals surface area (Å²) < 4.78 is 5.96. The van der Waals surface area contributed by atoms with Crippen LogP contribution >= 0.6 is 15.9 Å². The zero-order valence-electron chi connectivity index (χ0n) is 13.2. The minimum absolute atomic E-state index is 0.173. The summed E-state index contributed by atoms with van der Waals surface area (Å²) in [5.74, 6) is 0.0812. The standard InChI is InChI=1S/C20H14BrNO3/c21-12-22-19(23)15-8-4-7-14-17(10-9-16(18(14)15)20(22)24)25-11-13-5-2-1-3-6-13/h1-10H,11-12H2. The van der Waals surface area contributed by atoms with E-state index < -0.39 is 0 Å². The maximum atomic E-state index is 12.6. The molecule has 25 heavy (non-hydrogen) atoms. The van der Waals surface area contributed by atoms with Crippen LogP contribution in [0, 0.1) is 0 Å². The molecule has 124 valence electrons. The molecule has 0 N–H and O–H groups in total. The summed E-state index contributed by atoms with van der Waals surface area (Å²) in [6.07, 6.45) is 0. The maximum absolute atomic E-state index is 12.6. The van der Waals surface area contributed by atoms with E-state index in [-0.39, 0.29) is 17.3 Å². The van der Waals surface area contributed by atoms with Crippen LogP contribution in [0.25, 0.3) is 10.8 Å². The summed E-state index contributed by atoms with van der Waals surface area (Å²) in [5, 5.41) is 1.45. The van der Waals surface area contributed by atoms with Crippen molar-refractivity contribution in [1.29, 1.82) is 0 Å². The average Bonchev–Trinajstić information content (AvgIpc) is 2.66. The number of alkyl halides is 1. The molecule has 4 rings (SSSR count). The Morgan fingerprint density at radius 1 is 0.840 bits per heavy atom. The molecular formula is C20H14BrNO3. The van der Waals surface area contributed by atoms with E-state index in [2.05, 4.69) is 15.9 Å². The number of nitrogens with zero attached hydrogens (tertiary/aromatic N) is 1. The number of carbonyl (C=O) groups excluding carboxylic acids is 2. The maximum Gasteiger partial charge on any atom is 0.262 e. The van der Waals surface area contributed by atoms with Crippen molar-refractivity contribution >= 4 is 38.5 Å². The fraction of sp³-hybridized carbons (Fsp3) is 0.100. The Hall–Kier alpha value is -2.66. The van der Waals surface area contributed by atoms with Crippen LogP contribution in [-0.4, -0.2) is 22.2 Å². The molecule has 0 radical (unpaired) electrons. The minimum Gasteiger partial charge on any atom is -0.488 e. The third-order valence-electron chi connectivity index (χ3n) is 4.31. The lowest BCUT2D eigenvalue weighted by atomic mass is 9.94. The highest BCUT2D eigenvalue weighted by Crippen LogP contribution is 2.35. The molecule has 0 fully saturated rings. The highest BCUT2D eigenvalue weighted by Gasteiger charge is 2.32. The number of hydrogen-bond donors (Lipinski definition) is 0. The first-order valence-electron chi connectivity index (χ1n) is 7.85. The zero-order chi connectivity index (χ0) is 17.4. The molecule has 3 aromatic rings. The Bertz CT molecular complexity index is 963. The van der Waals surface area contributed by atoms with Crippen molar-refractivity contribution in [3.63, 3.8) is 0 Å². The SMILES string of the molecule is O=C1c2cccc3c(OCc4ccccc4)ccc(c23)C(=O)N1CBr. The predicted octanol–water partition coefficient (Wildman–Crippen LogP) is 4.37. The molecule has 0 spiro atoms. The number of amides is 2. The molecule has 4 nitrogen and oxygen atoms in total. The first-order chi connectivity index (χ1) is 12.2. The van der Waals surface area contributed by atoms with Crippen LogP contribution in [0.3, 0.4) is 0 Å². The topological polar surface area (TPSA) is 46.6 Å². The van der Waals surface area contributed by atoms with Gasteiger partial charge in [-0.25, -0.2) is 0 Å². The number of imide groups is 1. The Balaban J connectivity index is 1.79. The molecule has 0 aliphatic carbocycles. The van der Waals surface area contributed by atoms with Gasteiger partial charge in [0.2, 0.25) is 0 Å². The van der Waals surface area contributed by atoms with Gasteiger partial charge in [0.25, 0.3) is 11.8 Å². The first-order valence-corrected chi connectivity index (χ1v) is 8.97. The van der Waals surface area contributed by atoms with Crippen molar-refractivity contribution in [3.05, 3.63) is 77.4 Å². The van der Waals surface area contributed by atoms with Crippen molar-refractivity contribution in [2.75, 3.05) is 5.45 Å². The van der Waals surface area contributed by atoms with E-state index in [1.165, 1.54) is 4.90 Å². The van der Waals surface area contributed by atoms with E-state index in [0.717, 1.165) is 10.9 Å². The van der Waals surface area contributed by atoms with Crippen LogP contribution in [0.15, 0.2) is 60.7 Å². The van der Waals surface area contributed by atoms with Crippen LogP contribution in [0.2, 0.25) is 0 Å². The normalized spacial score (nSPS) is 13.4. The lowest BCUT2D eigenvalue weighted by Crippen LogP contribution is -2.39. The van der Waals surface area contributed by atoms with Gasteiger partial charge >= 0.3 is 0 Å². The van der Waals surface area contributed by atoms with Gasteiger partial charge in [0.15, 0.2) is 0 Å². The minimum atomic E-state index is -0.291. The highest BCUT2D eigenvalue weighted by molar-refractivity contribution is 9.09. The van der Waals surface area contributed by atoms with E-state index in [9.17, 15) is 9.59 Å². The molecule has 0 bridgehead atoms. The lowest BCUT2D eigenvalue weighted by molar-refractivity contribution is 0.0643. The Labute approximate surface area is 153 Å². The largest absolute Gasteiger partial charge is 0.488 e. The Morgan fingerprint density at radius 3 is 2.28 bits per heavy atom. The molecule has 0 unspecified atom stereocenters. The molecule has 1 heterocycles. The highest BCUT2D eigenvalue weighted by atomic mass is 79.9. The molecule has 3 aromatic carbocycles. The van der Waals surface area contributed by atoms with Gasteiger partial charge in [0, 0.05) is 21.9 Å². The van der Waals surface area contributed by atoms with Crippen LogP contribution in [-0.2, 0) is 6.61 Å². The second-order valence-electron chi connectivity index (χ2n) is 5.77.